The molecule has 3 saturated heterocycles. The fraction of sp³-hybridized carbons (Fsp3) is 0.458. The van der Waals surface area contributed by atoms with E-state index in [1.165, 1.54) is 12.8 Å². The van der Waals surface area contributed by atoms with Gasteiger partial charge in [-0.05, 0) is 118 Å². The summed E-state index contributed by atoms with van der Waals surface area (Å²) < 4.78 is 8.06. The van der Waals surface area contributed by atoms with E-state index in [4.69, 9.17) is 15.6 Å². The van der Waals surface area contributed by atoms with Crippen LogP contribution in [0, 0.1) is 11.8 Å². The van der Waals surface area contributed by atoms with Gasteiger partial charge in [-0.2, -0.15) is 5.10 Å². The maximum atomic E-state index is 13.4. The van der Waals surface area contributed by atoms with Crippen molar-refractivity contribution in [1.29, 1.82) is 0 Å². The second-order valence-corrected chi connectivity index (χ2v) is 18.1. The Morgan fingerprint density at radius 2 is 1.48 bits per heavy atom. The van der Waals surface area contributed by atoms with Crippen molar-refractivity contribution in [2.45, 2.75) is 75.9 Å². The number of imide groups is 2. The van der Waals surface area contributed by atoms with Crippen molar-refractivity contribution in [3.8, 4) is 22.8 Å². The van der Waals surface area contributed by atoms with Gasteiger partial charge in [0, 0.05) is 76.1 Å². The summed E-state index contributed by atoms with van der Waals surface area (Å²) >= 11 is 0. The molecule has 15 heteroatoms. The molecular formula is C48H55N9O6. The summed E-state index contributed by atoms with van der Waals surface area (Å²) in [6, 6.07) is 22.6. The Hall–Kier alpha value is -6.06. The van der Waals surface area contributed by atoms with E-state index in [-0.39, 0.29) is 24.8 Å². The number of anilines is 2. The van der Waals surface area contributed by atoms with Crippen molar-refractivity contribution in [2.75, 3.05) is 62.6 Å². The molecule has 4 N–H and O–H groups in total. The van der Waals surface area contributed by atoms with Crippen LogP contribution in [0.1, 0.15) is 94.9 Å². The number of fused-ring (bicyclic) bond motifs is 2. The van der Waals surface area contributed by atoms with Crippen LogP contribution >= 0.6 is 0 Å². The van der Waals surface area contributed by atoms with Crippen LogP contribution in [0.3, 0.4) is 0 Å². The Morgan fingerprint density at radius 1 is 0.762 bits per heavy atom. The quantitative estimate of drug-likeness (QED) is 0.177. The van der Waals surface area contributed by atoms with Crippen molar-refractivity contribution < 1.29 is 28.7 Å². The summed E-state index contributed by atoms with van der Waals surface area (Å²) in [7, 11) is 0. The number of primary amides is 1. The van der Waals surface area contributed by atoms with Gasteiger partial charge in [-0.15, -0.1) is 0 Å². The van der Waals surface area contributed by atoms with Crippen LogP contribution in [0.25, 0.3) is 11.3 Å². The fourth-order valence-electron chi connectivity index (χ4n) is 11.0. The van der Waals surface area contributed by atoms with Crippen LogP contribution in [0.2, 0.25) is 0 Å². The van der Waals surface area contributed by atoms with Gasteiger partial charge >= 0.3 is 0 Å². The van der Waals surface area contributed by atoms with Crippen molar-refractivity contribution in [3.63, 3.8) is 0 Å². The summed E-state index contributed by atoms with van der Waals surface area (Å²) in [5.74, 6) is 0.892. The number of hydrogen-bond acceptors (Lipinski definition) is 11. The van der Waals surface area contributed by atoms with Gasteiger partial charge in [0.15, 0.2) is 0 Å². The van der Waals surface area contributed by atoms with E-state index in [2.05, 4.69) is 30.0 Å². The Morgan fingerprint density at radius 3 is 2.19 bits per heavy atom. The second kappa shape index (κ2) is 17.2. The Bertz CT molecular complexity index is 2400. The zero-order valence-corrected chi connectivity index (χ0v) is 35.5. The standard InChI is InChI=1S/C48H55N9O6/c49-44(59)42-43(32-8-13-36(14-9-32)63-35-4-2-1-3-5-35)52-57-39(18-21-50-45(42)57)31-6-10-33(11-7-31)55-26-24-53(25-27-55)29-30-19-22-54(23-20-30)34-12-15-37-38(28-34)48(62)56(47(37)61)40-16-17-41(58)51-46(40)60/h1-5,8-9,12-15,28,30-31,33,39-40,50H,6-7,10-11,16-27,29H2,(H2,49,59)(H,51,58,60). The van der Waals surface area contributed by atoms with Crippen LogP contribution in [0.5, 0.6) is 11.5 Å². The smallest absolute Gasteiger partial charge is 0.262 e. The molecule has 0 spiro atoms. The highest BCUT2D eigenvalue weighted by Crippen LogP contribution is 2.43. The number of piperazine rings is 1. The monoisotopic (exact) mass is 853 g/mol. The third-order valence-electron chi connectivity index (χ3n) is 14.4. The fourth-order valence-corrected chi connectivity index (χ4v) is 11.0. The number of nitrogens with one attached hydrogen (secondary N) is 2. The number of para-hydroxylation sites is 1. The molecule has 1 aliphatic carbocycles. The van der Waals surface area contributed by atoms with Gasteiger partial charge in [-0.25, -0.2) is 4.68 Å². The number of ether oxygens (including phenoxy) is 1. The largest absolute Gasteiger partial charge is 0.457 e. The minimum absolute atomic E-state index is 0.101. The number of rotatable bonds is 10. The number of hydrogen-bond donors (Lipinski definition) is 3. The first-order valence-electron chi connectivity index (χ1n) is 22.7. The molecule has 3 aromatic carbocycles. The molecule has 6 aliphatic rings. The van der Waals surface area contributed by atoms with Crippen molar-refractivity contribution in [3.05, 3.63) is 89.5 Å². The molecule has 4 fully saturated rings. The van der Waals surface area contributed by atoms with Crippen LogP contribution in [-0.2, 0) is 9.59 Å². The Labute approximate surface area is 366 Å². The molecule has 0 bridgehead atoms. The van der Waals surface area contributed by atoms with Crippen molar-refractivity contribution >= 4 is 41.0 Å². The van der Waals surface area contributed by atoms with E-state index < -0.39 is 29.7 Å². The van der Waals surface area contributed by atoms with E-state index in [0.717, 1.165) is 112 Å². The predicted octanol–water partition coefficient (Wildman–Crippen LogP) is 5.29. The highest BCUT2D eigenvalue weighted by Gasteiger charge is 2.45. The van der Waals surface area contributed by atoms with Gasteiger partial charge in [0.25, 0.3) is 17.7 Å². The zero-order valence-electron chi connectivity index (χ0n) is 35.5. The Balaban J connectivity index is 0.695. The molecule has 1 saturated carbocycles. The maximum absolute atomic E-state index is 13.4. The summed E-state index contributed by atoms with van der Waals surface area (Å²) in [5.41, 5.74) is 9.46. The topological polar surface area (TPSA) is 175 Å². The SMILES string of the molecule is NC(=O)c1c(-c2ccc(Oc3ccccc3)cc2)nn2c1NCCC2C1CCC(N2CCN(CC3CCN(c4ccc5c(c4)C(=O)N(C4CCC(=O)NC4=O)C5=O)CC3)CC2)CC1. The van der Waals surface area contributed by atoms with Crippen LogP contribution in [-0.4, -0.2) is 118 Å². The molecule has 10 rings (SSSR count). The number of carbonyl (C=O) groups is 5. The van der Waals surface area contributed by atoms with Crippen LogP contribution in [0.4, 0.5) is 11.5 Å². The first-order valence-corrected chi connectivity index (χ1v) is 22.7. The molecule has 5 aliphatic heterocycles. The molecule has 2 unspecified atom stereocenters. The molecule has 0 radical (unpaired) electrons. The van der Waals surface area contributed by atoms with E-state index in [1.807, 2.05) is 60.7 Å². The van der Waals surface area contributed by atoms with Gasteiger partial charge in [0.05, 0.1) is 17.2 Å². The second-order valence-electron chi connectivity index (χ2n) is 18.1. The third-order valence-corrected chi connectivity index (χ3v) is 14.4. The van der Waals surface area contributed by atoms with Crippen molar-refractivity contribution in [1.82, 2.24) is 29.8 Å². The van der Waals surface area contributed by atoms with E-state index in [9.17, 15) is 24.0 Å². The lowest BCUT2D eigenvalue weighted by Gasteiger charge is -2.44. The van der Waals surface area contributed by atoms with Gasteiger partial charge in [-0.1, -0.05) is 18.2 Å². The van der Waals surface area contributed by atoms with Gasteiger partial charge in [-0.3, -0.25) is 39.1 Å². The lowest BCUT2D eigenvalue weighted by atomic mass is 9.79. The summed E-state index contributed by atoms with van der Waals surface area (Å²) in [6.45, 7) is 7.96. The number of piperidine rings is 2. The minimum atomic E-state index is -0.962. The molecular weight excluding hydrogens is 799 g/mol. The average molecular weight is 854 g/mol. The normalized spacial score (nSPS) is 24.8. The molecule has 1 aromatic heterocycles. The number of nitrogens with two attached hydrogens (primary N) is 1. The van der Waals surface area contributed by atoms with E-state index >= 15 is 0 Å². The lowest BCUT2D eigenvalue weighted by Crippen LogP contribution is -2.54. The maximum Gasteiger partial charge on any atom is 0.262 e. The number of aromatic nitrogens is 2. The first-order chi connectivity index (χ1) is 30.7. The number of carbonyl (C=O) groups excluding carboxylic acids is 5. The van der Waals surface area contributed by atoms with Crippen molar-refractivity contribution in [2.24, 2.45) is 17.6 Å². The third kappa shape index (κ3) is 8.08. The van der Waals surface area contributed by atoms with E-state index in [1.54, 1.807) is 12.1 Å². The number of benzene rings is 3. The highest BCUT2D eigenvalue weighted by atomic mass is 16.5. The van der Waals surface area contributed by atoms with Crippen LogP contribution < -0.4 is 26.0 Å². The highest BCUT2D eigenvalue weighted by molar-refractivity contribution is 6.23. The van der Waals surface area contributed by atoms with E-state index in [0.29, 0.717) is 46.0 Å². The summed E-state index contributed by atoms with van der Waals surface area (Å²) in [4.78, 5) is 72.3. The molecule has 5 amide bonds. The lowest BCUT2D eigenvalue weighted by molar-refractivity contribution is -0.136. The van der Waals surface area contributed by atoms with Gasteiger partial charge in [0.2, 0.25) is 11.8 Å². The minimum Gasteiger partial charge on any atom is -0.457 e. The molecule has 328 valence electrons. The first kappa shape index (κ1) is 41.0. The summed E-state index contributed by atoms with van der Waals surface area (Å²) in [6.07, 6.45) is 7.92. The molecule has 6 heterocycles. The van der Waals surface area contributed by atoms with Gasteiger partial charge in [0.1, 0.15) is 34.6 Å². The average Bonchev–Trinajstić information content (AvgIpc) is 3.82. The molecule has 4 aromatic rings. The zero-order chi connectivity index (χ0) is 43.2. The number of nitrogens with zero attached hydrogens (tertiary/aromatic N) is 6. The molecule has 63 heavy (non-hydrogen) atoms. The molecule has 15 nitrogen and oxygen atoms in total. The molecule has 2 atom stereocenters. The Kier molecular flexibility index (Phi) is 11.2. The van der Waals surface area contributed by atoms with Gasteiger partial charge < -0.3 is 25.6 Å². The number of amides is 5. The predicted molar refractivity (Wildman–Crippen MR) is 237 cm³/mol. The summed E-state index contributed by atoms with van der Waals surface area (Å²) in [5, 5.41) is 10.8. The van der Waals surface area contributed by atoms with Crippen LogP contribution in [0.15, 0.2) is 72.8 Å².